The fourth-order valence-electron chi connectivity index (χ4n) is 2.20. The minimum atomic E-state index is -0.0114. The zero-order valence-corrected chi connectivity index (χ0v) is 11.5. The Bertz CT molecular complexity index is 635. The van der Waals surface area contributed by atoms with Gasteiger partial charge in [0.25, 0.3) is 5.91 Å². The Kier molecular flexibility index (Phi) is 3.94. The summed E-state index contributed by atoms with van der Waals surface area (Å²) in [4.78, 5) is 18.4. The number of morpholine rings is 1. The number of aromatic nitrogens is 2. The lowest BCUT2D eigenvalue weighted by Crippen LogP contribution is -2.40. The Morgan fingerprint density at radius 3 is 2.86 bits per heavy atom. The highest BCUT2D eigenvalue weighted by molar-refractivity contribution is 5.95. The highest BCUT2D eigenvalue weighted by atomic mass is 16.5. The molecule has 1 aliphatic heterocycles. The molecule has 0 aliphatic carbocycles. The summed E-state index contributed by atoms with van der Waals surface area (Å²) in [6.45, 7) is 2.58. The van der Waals surface area contributed by atoms with Gasteiger partial charge in [0.2, 0.25) is 11.7 Å². The lowest BCUT2D eigenvalue weighted by Gasteiger charge is -2.26. The summed E-state index contributed by atoms with van der Waals surface area (Å²) in [5.41, 5.74) is 6.79. The smallest absolute Gasteiger partial charge is 0.254 e. The molecule has 1 aromatic heterocycles. The van der Waals surface area contributed by atoms with Gasteiger partial charge >= 0.3 is 0 Å². The Morgan fingerprint density at radius 1 is 1.33 bits per heavy atom. The van der Waals surface area contributed by atoms with Crippen LogP contribution in [-0.4, -0.2) is 47.3 Å². The van der Waals surface area contributed by atoms with Crippen LogP contribution in [0.2, 0.25) is 0 Å². The minimum absolute atomic E-state index is 0.0114. The molecule has 0 radical (unpaired) electrons. The van der Waals surface area contributed by atoms with Crippen molar-refractivity contribution in [1.29, 1.82) is 0 Å². The lowest BCUT2D eigenvalue weighted by atomic mass is 10.1. The van der Waals surface area contributed by atoms with Crippen LogP contribution in [0, 0.1) is 0 Å². The first-order valence-corrected chi connectivity index (χ1v) is 6.78. The van der Waals surface area contributed by atoms with Gasteiger partial charge in [0.1, 0.15) is 0 Å². The van der Waals surface area contributed by atoms with Crippen LogP contribution in [0.25, 0.3) is 11.4 Å². The van der Waals surface area contributed by atoms with E-state index < -0.39 is 0 Å². The molecule has 1 amide bonds. The van der Waals surface area contributed by atoms with Crippen molar-refractivity contribution in [3.63, 3.8) is 0 Å². The Hall–Kier alpha value is -2.25. The molecular formula is C14H16N4O3. The molecule has 2 heterocycles. The molecule has 2 aromatic rings. The first-order chi connectivity index (χ1) is 10.3. The number of nitrogens with two attached hydrogens (primary N) is 1. The number of carbonyl (C=O) groups excluding carboxylic acids is 1. The van der Waals surface area contributed by atoms with Gasteiger partial charge in [-0.3, -0.25) is 4.79 Å². The molecule has 0 saturated carbocycles. The SMILES string of the molecule is NCc1nc(-c2cccc(C(=O)N3CCOCC3)c2)no1. The molecule has 1 aliphatic rings. The van der Waals surface area contributed by atoms with Gasteiger partial charge in [-0.15, -0.1) is 0 Å². The Labute approximate surface area is 121 Å². The second-order valence-electron chi connectivity index (χ2n) is 4.70. The standard InChI is InChI=1S/C14H16N4O3/c15-9-12-16-13(17-21-12)10-2-1-3-11(8-10)14(19)18-4-6-20-7-5-18/h1-3,8H,4-7,9,15H2. The average Bonchev–Trinajstić information content (AvgIpc) is 3.04. The monoisotopic (exact) mass is 288 g/mol. The van der Waals surface area contributed by atoms with Crippen LogP contribution < -0.4 is 5.73 Å². The zero-order valence-electron chi connectivity index (χ0n) is 11.5. The molecule has 0 unspecified atom stereocenters. The van der Waals surface area contributed by atoms with Crippen molar-refractivity contribution in [3.8, 4) is 11.4 Å². The van der Waals surface area contributed by atoms with Crippen molar-refractivity contribution in [2.45, 2.75) is 6.54 Å². The Morgan fingerprint density at radius 2 is 2.14 bits per heavy atom. The molecular weight excluding hydrogens is 272 g/mol. The van der Waals surface area contributed by atoms with E-state index in [0.29, 0.717) is 43.6 Å². The van der Waals surface area contributed by atoms with Crippen molar-refractivity contribution in [2.75, 3.05) is 26.3 Å². The summed E-state index contributed by atoms with van der Waals surface area (Å²) in [5.74, 6) is 0.796. The van der Waals surface area contributed by atoms with E-state index in [0.717, 1.165) is 5.56 Å². The summed E-state index contributed by atoms with van der Waals surface area (Å²) < 4.78 is 10.2. The van der Waals surface area contributed by atoms with Crippen LogP contribution >= 0.6 is 0 Å². The molecule has 0 spiro atoms. The molecule has 110 valence electrons. The molecule has 21 heavy (non-hydrogen) atoms. The second-order valence-corrected chi connectivity index (χ2v) is 4.70. The molecule has 2 N–H and O–H groups in total. The highest BCUT2D eigenvalue weighted by Gasteiger charge is 2.19. The molecule has 1 saturated heterocycles. The molecule has 3 rings (SSSR count). The molecule has 1 fully saturated rings. The van der Waals surface area contributed by atoms with Gasteiger partial charge in [-0.1, -0.05) is 17.3 Å². The van der Waals surface area contributed by atoms with E-state index in [9.17, 15) is 4.79 Å². The fourth-order valence-corrected chi connectivity index (χ4v) is 2.20. The van der Waals surface area contributed by atoms with E-state index in [2.05, 4.69) is 10.1 Å². The van der Waals surface area contributed by atoms with Gasteiger partial charge in [0.15, 0.2) is 0 Å². The largest absolute Gasteiger partial charge is 0.378 e. The summed E-state index contributed by atoms with van der Waals surface area (Å²) in [6.07, 6.45) is 0. The predicted octanol–water partition coefficient (Wildman–Crippen LogP) is 0.668. The van der Waals surface area contributed by atoms with Gasteiger partial charge in [-0.05, 0) is 12.1 Å². The molecule has 7 nitrogen and oxygen atoms in total. The van der Waals surface area contributed by atoms with Gasteiger partial charge < -0.3 is 19.9 Å². The van der Waals surface area contributed by atoms with Crippen LogP contribution in [0.4, 0.5) is 0 Å². The summed E-state index contributed by atoms with van der Waals surface area (Å²) in [7, 11) is 0. The third-order valence-electron chi connectivity index (χ3n) is 3.31. The number of amides is 1. The number of hydrogen-bond acceptors (Lipinski definition) is 6. The maximum atomic E-state index is 12.4. The van der Waals surface area contributed by atoms with E-state index in [1.165, 1.54) is 0 Å². The van der Waals surface area contributed by atoms with Gasteiger partial charge in [0, 0.05) is 24.2 Å². The van der Waals surface area contributed by atoms with E-state index in [-0.39, 0.29) is 12.5 Å². The molecule has 0 atom stereocenters. The van der Waals surface area contributed by atoms with E-state index in [1.807, 2.05) is 12.1 Å². The van der Waals surface area contributed by atoms with Gasteiger partial charge in [-0.2, -0.15) is 4.98 Å². The van der Waals surface area contributed by atoms with Crippen molar-refractivity contribution in [1.82, 2.24) is 15.0 Å². The normalized spacial score (nSPS) is 15.2. The number of nitrogens with zero attached hydrogens (tertiary/aromatic N) is 3. The van der Waals surface area contributed by atoms with Gasteiger partial charge in [-0.25, -0.2) is 0 Å². The first-order valence-electron chi connectivity index (χ1n) is 6.78. The molecule has 0 bridgehead atoms. The number of rotatable bonds is 3. The van der Waals surface area contributed by atoms with Crippen LogP contribution in [-0.2, 0) is 11.3 Å². The van der Waals surface area contributed by atoms with Gasteiger partial charge in [0.05, 0.1) is 19.8 Å². The first kappa shape index (κ1) is 13.7. The zero-order chi connectivity index (χ0) is 14.7. The number of ether oxygens (including phenoxy) is 1. The van der Waals surface area contributed by atoms with Crippen molar-refractivity contribution >= 4 is 5.91 Å². The quantitative estimate of drug-likeness (QED) is 0.892. The fraction of sp³-hybridized carbons (Fsp3) is 0.357. The topological polar surface area (TPSA) is 94.5 Å². The molecule has 1 aromatic carbocycles. The number of hydrogen-bond donors (Lipinski definition) is 1. The Balaban J connectivity index is 1.83. The van der Waals surface area contributed by atoms with E-state index in [4.69, 9.17) is 15.0 Å². The number of benzene rings is 1. The lowest BCUT2D eigenvalue weighted by molar-refractivity contribution is 0.0303. The third-order valence-corrected chi connectivity index (χ3v) is 3.31. The van der Waals surface area contributed by atoms with E-state index in [1.54, 1.807) is 17.0 Å². The minimum Gasteiger partial charge on any atom is -0.378 e. The highest BCUT2D eigenvalue weighted by Crippen LogP contribution is 2.18. The van der Waals surface area contributed by atoms with E-state index >= 15 is 0 Å². The maximum Gasteiger partial charge on any atom is 0.254 e. The van der Waals surface area contributed by atoms with Crippen LogP contribution in [0.1, 0.15) is 16.2 Å². The predicted molar refractivity (Wildman–Crippen MR) is 74.3 cm³/mol. The second kappa shape index (κ2) is 6.02. The molecule has 7 heteroatoms. The number of carbonyl (C=O) groups is 1. The summed E-state index contributed by atoms with van der Waals surface area (Å²) in [6, 6.07) is 7.19. The summed E-state index contributed by atoms with van der Waals surface area (Å²) >= 11 is 0. The van der Waals surface area contributed by atoms with Crippen molar-refractivity contribution in [3.05, 3.63) is 35.7 Å². The van der Waals surface area contributed by atoms with Crippen molar-refractivity contribution in [2.24, 2.45) is 5.73 Å². The van der Waals surface area contributed by atoms with Crippen LogP contribution in [0.3, 0.4) is 0 Å². The van der Waals surface area contributed by atoms with Crippen molar-refractivity contribution < 1.29 is 14.1 Å². The average molecular weight is 288 g/mol. The van der Waals surface area contributed by atoms with Crippen LogP contribution in [0.15, 0.2) is 28.8 Å². The third kappa shape index (κ3) is 2.93. The maximum absolute atomic E-state index is 12.4. The summed E-state index contributed by atoms with van der Waals surface area (Å²) in [5, 5.41) is 3.86. The van der Waals surface area contributed by atoms with Crippen LogP contribution in [0.5, 0.6) is 0 Å².